The van der Waals surface area contributed by atoms with Gasteiger partial charge >= 0.3 is 0 Å². The molecule has 0 radical (unpaired) electrons. The van der Waals surface area contributed by atoms with Gasteiger partial charge in [0.1, 0.15) is 6.04 Å². The van der Waals surface area contributed by atoms with Gasteiger partial charge in [-0.1, -0.05) is 0 Å². The van der Waals surface area contributed by atoms with Crippen molar-refractivity contribution in [1.29, 1.82) is 0 Å². The average Bonchev–Trinajstić information content (AvgIpc) is 2.32. The molecule has 0 aliphatic carbocycles. The van der Waals surface area contributed by atoms with E-state index in [0.717, 1.165) is 5.56 Å². The summed E-state index contributed by atoms with van der Waals surface area (Å²) in [6.07, 6.45) is 0. The number of hydrogen-bond donors (Lipinski definition) is 3. The molecule has 5 heteroatoms. The van der Waals surface area contributed by atoms with Gasteiger partial charge in [-0.25, -0.2) is 0 Å². The minimum Gasteiger partial charge on any atom is -0.399 e. The number of anilines is 1. The van der Waals surface area contributed by atoms with E-state index in [1.54, 1.807) is 25.1 Å². The van der Waals surface area contributed by atoms with E-state index in [-0.39, 0.29) is 11.8 Å². The number of amides is 2. The number of carbonyl (C=O) groups is 2. The molecule has 1 rings (SSSR count). The lowest BCUT2D eigenvalue weighted by atomic mass is 10.1. The Kier molecular flexibility index (Phi) is 4.71. The number of nitrogen functional groups attached to an aromatic ring is 1. The zero-order valence-corrected chi connectivity index (χ0v) is 10.9. The molecular weight excluding hydrogens is 230 g/mol. The van der Waals surface area contributed by atoms with Crippen LogP contribution in [-0.4, -0.2) is 24.4 Å². The molecule has 98 valence electrons. The van der Waals surface area contributed by atoms with Crippen molar-refractivity contribution in [2.24, 2.45) is 0 Å². The fourth-order valence-corrected chi connectivity index (χ4v) is 1.49. The number of carbonyl (C=O) groups excluding carboxylic acids is 2. The Hall–Kier alpha value is -2.04. The molecule has 1 aromatic rings. The van der Waals surface area contributed by atoms with E-state index in [0.29, 0.717) is 17.8 Å². The van der Waals surface area contributed by atoms with Crippen molar-refractivity contribution in [3.63, 3.8) is 0 Å². The highest BCUT2D eigenvalue weighted by Crippen LogP contribution is 2.12. The zero-order valence-electron chi connectivity index (χ0n) is 10.9. The molecule has 0 aliphatic heterocycles. The third-order valence-electron chi connectivity index (χ3n) is 2.62. The quantitative estimate of drug-likeness (QED) is 0.691. The van der Waals surface area contributed by atoms with E-state index in [9.17, 15) is 9.59 Å². The Bertz CT molecular complexity index is 458. The fourth-order valence-electron chi connectivity index (χ4n) is 1.49. The molecule has 0 aliphatic rings. The van der Waals surface area contributed by atoms with Gasteiger partial charge in [-0.2, -0.15) is 0 Å². The van der Waals surface area contributed by atoms with Gasteiger partial charge in [-0.15, -0.1) is 0 Å². The summed E-state index contributed by atoms with van der Waals surface area (Å²) >= 11 is 0. The van der Waals surface area contributed by atoms with Crippen molar-refractivity contribution in [1.82, 2.24) is 10.6 Å². The third kappa shape index (κ3) is 3.48. The Labute approximate surface area is 107 Å². The molecule has 4 N–H and O–H groups in total. The number of nitrogens with two attached hydrogens (primary N) is 1. The van der Waals surface area contributed by atoms with E-state index < -0.39 is 6.04 Å². The minimum atomic E-state index is -0.560. The Balaban J connectivity index is 2.70. The predicted octanol–water partition coefficient (Wildman–Crippen LogP) is 0.832. The standard InChI is InChI=1S/C13H19N3O2/c1-4-15-12(17)9(3)16-13(18)10-5-6-11(14)8(2)7-10/h5-7,9H,4,14H2,1-3H3,(H,15,17)(H,16,18). The first-order chi connectivity index (χ1) is 8.45. The van der Waals surface area contributed by atoms with Gasteiger partial charge in [0.2, 0.25) is 5.91 Å². The molecule has 5 nitrogen and oxygen atoms in total. The maximum absolute atomic E-state index is 11.9. The second-order valence-electron chi connectivity index (χ2n) is 4.16. The third-order valence-corrected chi connectivity index (χ3v) is 2.62. The summed E-state index contributed by atoms with van der Waals surface area (Å²) < 4.78 is 0. The summed E-state index contributed by atoms with van der Waals surface area (Å²) in [4.78, 5) is 23.4. The Morgan fingerprint density at radius 1 is 1.39 bits per heavy atom. The summed E-state index contributed by atoms with van der Waals surface area (Å²) in [5.74, 6) is -0.477. The normalized spacial score (nSPS) is 11.7. The second-order valence-corrected chi connectivity index (χ2v) is 4.16. The van der Waals surface area contributed by atoms with Crippen LogP contribution in [0.15, 0.2) is 18.2 Å². The number of benzene rings is 1. The molecule has 0 bridgehead atoms. The monoisotopic (exact) mass is 249 g/mol. The molecule has 0 spiro atoms. The van der Waals surface area contributed by atoms with E-state index in [1.165, 1.54) is 0 Å². The van der Waals surface area contributed by atoms with Crippen LogP contribution in [0.1, 0.15) is 29.8 Å². The summed E-state index contributed by atoms with van der Waals surface area (Å²) in [6.45, 7) is 5.85. The van der Waals surface area contributed by atoms with E-state index in [2.05, 4.69) is 10.6 Å². The van der Waals surface area contributed by atoms with Crippen LogP contribution >= 0.6 is 0 Å². The van der Waals surface area contributed by atoms with Crippen molar-refractivity contribution in [2.75, 3.05) is 12.3 Å². The van der Waals surface area contributed by atoms with Crippen LogP contribution in [0, 0.1) is 6.92 Å². The van der Waals surface area contributed by atoms with Gasteiger partial charge in [0, 0.05) is 17.8 Å². The maximum atomic E-state index is 11.9. The van der Waals surface area contributed by atoms with Crippen LogP contribution in [0.5, 0.6) is 0 Å². The van der Waals surface area contributed by atoms with Gasteiger partial charge < -0.3 is 16.4 Å². The molecule has 2 amide bonds. The molecule has 1 atom stereocenters. The SMILES string of the molecule is CCNC(=O)C(C)NC(=O)c1ccc(N)c(C)c1. The van der Waals surface area contributed by atoms with Crippen molar-refractivity contribution < 1.29 is 9.59 Å². The zero-order chi connectivity index (χ0) is 13.7. The van der Waals surface area contributed by atoms with Gasteiger partial charge in [-0.3, -0.25) is 9.59 Å². The topological polar surface area (TPSA) is 84.2 Å². The van der Waals surface area contributed by atoms with Crippen LogP contribution in [0.3, 0.4) is 0 Å². The first kappa shape index (κ1) is 14.0. The highest BCUT2D eigenvalue weighted by Gasteiger charge is 2.15. The first-order valence-corrected chi connectivity index (χ1v) is 5.90. The molecule has 0 aromatic heterocycles. The predicted molar refractivity (Wildman–Crippen MR) is 71.2 cm³/mol. The number of rotatable bonds is 4. The lowest BCUT2D eigenvalue weighted by molar-refractivity contribution is -0.122. The van der Waals surface area contributed by atoms with Crippen molar-refractivity contribution in [3.05, 3.63) is 29.3 Å². The summed E-state index contributed by atoms with van der Waals surface area (Å²) in [5, 5.41) is 5.28. The molecule has 1 aromatic carbocycles. The van der Waals surface area contributed by atoms with Gasteiger partial charge in [-0.05, 0) is 44.5 Å². The van der Waals surface area contributed by atoms with E-state index in [4.69, 9.17) is 5.73 Å². The summed E-state index contributed by atoms with van der Waals surface area (Å²) in [5.41, 5.74) is 7.66. The lowest BCUT2D eigenvalue weighted by Gasteiger charge is -2.13. The molecule has 0 fully saturated rings. The molecule has 0 saturated carbocycles. The largest absolute Gasteiger partial charge is 0.399 e. The number of nitrogens with one attached hydrogen (secondary N) is 2. The van der Waals surface area contributed by atoms with Crippen LogP contribution in [0.2, 0.25) is 0 Å². The average molecular weight is 249 g/mol. The van der Waals surface area contributed by atoms with Gasteiger partial charge in [0.05, 0.1) is 0 Å². The van der Waals surface area contributed by atoms with E-state index in [1.807, 2.05) is 13.8 Å². The van der Waals surface area contributed by atoms with Gasteiger partial charge in [0.25, 0.3) is 5.91 Å². The second kappa shape index (κ2) is 6.05. The number of hydrogen-bond acceptors (Lipinski definition) is 3. The van der Waals surface area contributed by atoms with Crippen LogP contribution in [0.25, 0.3) is 0 Å². The maximum Gasteiger partial charge on any atom is 0.251 e. The van der Waals surface area contributed by atoms with E-state index >= 15 is 0 Å². The first-order valence-electron chi connectivity index (χ1n) is 5.90. The molecule has 0 saturated heterocycles. The minimum absolute atomic E-state index is 0.196. The van der Waals surface area contributed by atoms with Gasteiger partial charge in [0.15, 0.2) is 0 Å². The summed E-state index contributed by atoms with van der Waals surface area (Å²) in [6, 6.07) is 4.47. The van der Waals surface area contributed by atoms with Crippen LogP contribution in [0.4, 0.5) is 5.69 Å². The fraction of sp³-hybridized carbons (Fsp3) is 0.385. The summed E-state index contributed by atoms with van der Waals surface area (Å²) in [7, 11) is 0. The Morgan fingerprint density at radius 2 is 2.06 bits per heavy atom. The lowest BCUT2D eigenvalue weighted by Crippen LogP contribution is -2.44. The Morgan fingerprint density at radius 3 is 2.61 bits per heavy atom. The van der Waals surface area contributed by atoms with Crippen molar-refractivity contribution in [2.45, 2.75) is 26.8 Å². The highest BCUT2D eigenvalue weighted by molar-refractivity contribution is 5.97. The van der Waals surface area contributed by atoms with Crippen LogP contribution in [-0.2, 0) is 4.79 Å². The molecule has 0 heterocycles. The smallest absolute Gasteiger partial charge is 0.251 e. The molecule has 18 heavy (non-hydrogen) atoms. The molecule has 1 unspecified atom stereocenters. The highest BCUT2D eigenvalue weighted by atomic mass is 16.2. The molecular formula is C13H19N3O2. The van der Waals surface area contributed by atoms with Crippen molar-refractivity contribution >= 4 is 17.5 Å². The van der Waals surface area contributed by atoms with Crippen LogP contribution < -0.4 is 16.4 Å². The number of likely N-dealkylation sites (N-methyl/N-ethyl adjacent to an activating group) is 1. The number of aryl methyl sites for hydroxylation is 1. The van der Waals surface area contributed by atoms with Crippen molar-refractivity contribution in [3.8, 4) is 0 Å².